The number of amides is 1. The van der Waals surface area contributed by atoms with Crippen LogP contribution in [-0.2, 0) is 4.74 Å². The molecule has 0 aliphatic rings. The number of aromatic nitrogens is 1. The van der Waals surface area contributed by atoms with Gasteiger partial charge in [0.2, 0.25) is 0 Å². The molecule has 1 amide bonds. The van der Waals surface area contributed by atoms with Gasteiger partial charge in [-0.15, -0.1) is 0 Å². The molecule has 0 spiro atoms. The van der Waals surface area contributed by atoms with Crippen molar-refractivity contribution in [1.29, 1.82) is 0 Å². The SMILES string of the molecule is CCOC(=O)c1ccc(-n2c(C)cc(C=NNC(=O)c3cc(OC)cc(OC)c3)c2C)cc1. The lowest BCUT2D eigenvalue weighted by molar-refractivity contribution is 0.0526. The number of nitrogens with zero attached hydrogens (tertiary/aromatic N) is 2. The van der Waals surface area contributed by atoms with Crippen LogP contribution in [0.3, 0.4) is 0 Å². The Hall–Kier alpha value is -4.07. The van der Waals surface area contributed by atoms with Crippen LogP contribution < -0.4 is 14.9 Å². The number of hydrazone groups is 1. The number of methoxy groups -OCH3 is 2. The topological polar surface area (TPSA) is 91.2 Å². The van der Waals surface area contributed by atoms with E-state index in [0.29, 0.717) is 29.2 Å². The summed E-state index contributed by atoms with van der Waals surface area (Å²) in [5, 5.41) is 4.11. The molecule has 8 heteroatoms. The van der Waals surface area contributed by atoms with Gasteiger partial charge < -0.3 is 18.8 Å². The van der Waals surface area contributed by atoms with Crippen molar-refractivity contribution in [3.63, 3.8) is 0 Å². The van der Waals surface area contributed by atoms with E-state index in [1.54, 1.807) is 43.5 Å². The molecule has 8 nitrogen and oxygen atoms in total. The molecule has 0 aliphatic heterocycles. The lowest BCUT2D eigenvalue weighted by atomic mass is 10.2. The van der Waals surface area contributed by atoms with E-state index in [9.17, 15) is 9.59 Å². The average Bonchev–Trinajstić information content (AvgIpc) is 3.11. The summed E-state index contributed by atoms with van der Waals surface area (Å²) in [6.45, 7) is 6.05. The van der Waals surface area contributed by atoms with E-state index in [2.05, 4.69) is 10.5 Å². The number of benzene rings is 2. The Bertz CT molecular complexity index is 1160. The predicted molar refractivity (Wildman–Crippen MR) is 126 cm³/mol. The minimum Gasteiger partial charge on any atom is -0.497 e. The predicted octanol–water partition coefficient (Wildman–Crippen LogP) is 4.05. The zero-order valence-electron chi connectivity index (χ0n) is 19.3. The van der Waals surface area contributed by atoms with Crippen molar-refractivity contribution < 1.29 is 23.8 Å². The normalized spacial score (nSPS) is 10.8. The molecule has 33 heavy (non-hydrogen) atoms. The van der Waals surface area contributed by atoms with Gasteiger partial charge in [-0.1, -0.05) is 0 Å². The summed E-state index contributed by atoms with van der Waals surface area (Å²) >= 11 is 0. The Balaban J connectivity index is 1.76. The maximum absolute atomic E-state index is 12.5. The largest absolute Gasteiger partial charge is 0.497 e. The van der Waals surface area contributed by atoms with Crippen LogP contribution in [0.5, 0.6) is 11.5 Å². The zero-order chi connectivity index (χ0) is 24.0. The van der Waals surface area contributed by atoms with Gasteiger partial charge in [-0.2, -0.15) is 5.10 Å². The molecule has 0 atom stereocenters. The van der Waals surface area contributed by atoms with E-state index in [1.165, 1.54) is 14.2 Å². The Morgan fingerprint density at radius 1 is 0.970 bits per heavy atom. The lowest BCUT2D eigenvalue weighted by Gasteiger charge is -2.10. The highest BCUT2D eigenvalue weighted by Crippen LogP contribution is 2.23. The smallest absolute Gasteiger partial charge is 0.338 e. The second-order valence-corrected chi connectivity index (χ2v) is 7.23. The third-order valence-electron chi connectivity index (χ3n) is 5.09. The Morgan fingerprint density at radius 2 is 1.61 bits per heavy atom. The first-order valence-corrected chi connectivity index (χ1v) is 10.4. The maximum atomic E-state index is 12.5. The van der Waals surface area contributed by atoms with Crippen LogP contribution in [0.4, 0.5) is 0 Å². The van der Waals surface area contributed by atoms with Crippen molar-refractivity contribution in [2.45, 2.75) is 20.8 Å². The van der Waals surface area contributed by atoms with E-state index >= 15 is 0 Å². The molecule has 0 radical (unpaired) electrons. The number of aryl methyl sites for hydroxylation is 1. The molecule has 172 valence electrons. The van der Waals surface area contributed by atoms with Gasteiger partial charge in [-0.25, -0.2) is 10.2 Å². The molecule has 0 saturated carbocycles. The Morgan fingerprint density at radius 3 is 2.18 bits per heavy atom. The van der Waals surface area contributed by atoms with Gasteiger partial charge in [-0.05, 0) is 63.2 Å². The van der Waals surface area contributed by atoms with E-state index in [-0.39, 0.29) is 11.9 Å². The van der Waals surface area contributed by atoms with Gasteiger partial charge >= 0.3 is 5.97 Å². The summed E-state index contributed by atoms with van der Waals surface area (Å²) in [5.74, 6) is 0.302. The molecule has 0 aliphatic carbocycles. The number of carbonyl (C=O) groups is 2. The third-order valence-corrected chi connectivity index (χ3v) is 5.09. The summed E-state index contributed by atoms with van der Waals surface area (Å²) in [6.07, 6.45) is 1.60. The average molecular weight is 450 g/mol. The number of hydrogen-bond donors (Lipinski definition) is 1. The van der Waals surface area contributed by atoms with Gasteiger partial charge in [0.25, 0.3) is 5.91 Å². The molecule has 3 aromatic rings. The highest BCUT2D eigenvalue weighted by molar-refractivity contribution is 5.96. The van der Waals surface area contributed by atoms with Crippen LogP contribution in [-0.4, -0.2) is 43.5 Å². The Kier molecular flexibility index (Phi) is 7.50. The fourth-order valence-electron chi connectivity index (χ4n) is 3.44. The van der Waals surface area contributed by atoms with Gasteiger partial charge in [-0.3, -0.25) is 4.79 Å². The molecule has 0 saturated heterocycles. The van der Waals surface area contributed by atoms with Gasteiger partial charge in [0.1, 0.15) is 11.5 Å². The van der Waals surface area contributed by atoms with Crippen molar-refractivity contribution in [2.75, 3.05) is 20.8 Å². The molecule has 1 heterocycles. The van der Waals surface area contributed by atoms with Gasteiger partial charge in [0, 0.05) is 34.3 Å². The van der Waals surface area contributed by atoms with Crippen molar-refractivity contribution in [3.05, 3.63) is 76.6 Å². The molecule has 0 fully saturated rings. The van der Waals surface area contributed by atoms with Gasteiger partial charge in [0.05, 0.1) is 32.6 Å². The molecule has 0 unspecified atom stereocenters. The number of hydrogen-bond acceptors (Lipinski definition) is 6. The number of ether oxygens (including phenoxy) is 3. The van der Waals surface area contributed by atoms with E-state index < -0.39 is 0 Å². The highest BCUT2D eigenvalue weighted by atomic mass is 16.5. The summed E-state index contributed by atoms with van der Waals surface area (Å²) < 4.78 is 17.5. The monoisotopic (exact) mass is 449 g/mol. The molecule has 1 N–H and O–H groups in total. The van der Waals surface area contributed by atoms with Crippen LogP contribution in [0.15, 0.2) is 53.6 Å². The van der Waals surface area contributed by atoms with E-state index in [0.717, 1.165) is 22.6 Å². The zero-order valence-corrected chi connectivity index (χ0v) is 19.3. The number of nitrogens with one attached hydrogen (secondary N) is 1. The van der Waals surface area contributed by atoms with E-state index in [4.69, 9.17) is 14.2 Å². The minimum absolute atomic E-state index is 0.334. The van der Waals surface area contributed by atoms with Gasteiger partial charge in [0.15, 0.2) is 0 Å². The summed E-state index contributed by atoms with van der Waals surface area (Å²) in [7, 11) is 3.05. The number of esters is 1. The second-order valence-electron chi connectivity index (χ2n) is 7.23. The summed E-state index contributed by atoms with van der Waals surface area (Å²) in [4.78, 5) is 24.4. The standard InChI is InChI=1S/C25H27N3O5/c1-6-33-25(30)18-7-9-21(10-8-18)28-16(2)11-20(17(28)3)15-26-27-24(29)19-12-22(31-4)14-23(13-19)32-5/h7-15H,6H2,1-5H3,(H,27,29). The first-order chi connectivity index (χ1) is 15.9. The number of carbonyl (C=O) groups excluding carboxylic acids is 2. The minimum atomic E-state index is -0.383. The van der Waals surface area contributed by atoms with Crippen LogP contribution in [0.1, 0.15) is 44.6 Å². The number of rotatable bonds is 8. The molecular weight excluding hydrogens is 422 g/mol. The summed E-state index contributed by atoms with van der Waals surface area (Å²) in [6, 6.07) is 14.1. The fourth-order valence-corrected chi connectivity index (χ4v) is 3.44. The highest BCUT2D eigenvalue weighted by Gasteiger charge is 2.12. The third kappa shape index (κ3) is 5.41. The maximum Gasteiger partial charge on any atom is 0.338 e. The molecule has 2 aromatic carbocycles. The summed E-state index contributed by atoms with van der Waals surface area (Å²) in [5.41, 5.74) is 7.10. The van der Waals surface area contributed by atoms with Crippen LogP contribution in [0, 0.1) is 13.8 Å². The molecular formula is C25H27N3O5. The van der Waals surface area contributed by atoms with Crippen molar-refractivity contribution in [1.82, 2.24) is 9.99 Å². The lowest BCUT2D eigenvalue weighted by Crippen LogP contribution is -2.17. The molecule has 3 rings (SSSR count). The first-order valence-electron chi connectivity index (χ1n) is 10.4. The van der Waals surface area contributed by atoms with Crippen molar-refractivity contribution in [3.8, 4) is 17.2 Å². The second kappa shape index (κ2) is 10.5. The Labute approximate surface area is 192 Å². The van der Waals surface area contributed by atoms with Crippen molar-refractivity contribution >= 4 is 18.1 Å². The van der Waals surface area contributed by atoms with Crippen LogP contribution >= 0.6 is 0 Å². The molecule has 1 aromatic heterocycles. The van der Waals surface area contributed by atoms with Crippen LogP contribution in [0.25, 0.3) is 5.69 Å². The molecule has 0 bridgehead atoms. The van der Waals surface area contributed by atoms with Crippen molar-refractivity contribution in [2.24, 2.45) is 5.10 Å². The fraction of sp³-hybridized carbons (Fsp3) is 0.240. The quantitative estimate of drug-likeness (QED) is 0.318. The first kappa shape index (κ1) is 23.6. The van der Waals surface area contributed by atoms with E-state index in [1.807, 2.05) is 36.6 Å². The van der Waals surface area contributed by atoms with Crippen LogP contribution in [0.2, 0.25) is 0 Å².